The summed E-state index contributed by atoms with van der Waals surface area (Å²) in [4.78, 5) is 0. The summed E-state index contributed by atoms with van der Waals surface area (Å²) in [5.74, 6) is 3.15. The normalized spacial score (nSPS) is 15.9. The van der Waals surface area contributed by atoms with Crippen molar-refractivity contribution in [2.75, 3.05) is 0 Å². The first-order valence-corrected chi connectivity index (χ1v) is 9.33. The Kier molecular flexibility index (Phi) is 4.42. The van der Waals surface area contributed by atoms with Crippen LogP contribution in [0.25, 0.3) is 11.6 Å². The number of hydrogen-bond donors (Lipinski definition) is 0. The lowest BCUT2D eigenvalue weighted by atomic mass is 9.95. The number of furan rings is 1. The van der Waals surface area contributed by atoms with Crippen molar-refractivity contribution < 1.29 is 8.94 Å². The monoisotopic (exact) mass is 344 g/mol. The smallest absolute Gasteiger partial charge is 0.200 e. The highest BCUT2D eigenvalue weighted by atomic mass is 32.2. The second-order valence-corrected chi connectivity index (χ2v) is 7.11. The fourth-order valence-corrected chi connectivity index (χ4v) is 4.12. The summed E-state index contributed by atoms with van der Waals surface area (Å²) >= 11 is 1.64. The fourth-order valence-electron chi connectivity index (χ4n) is 3.24. The minimum Gasteiger partial charge on any atom is -0.461 e. The summed E-state index contributed by atoms with van der Waals surface area (Å²) in [7, 11) is 0. The molecule has 0 radical (unpaired) electrons. The first-order chi connectivity index (χ1) is 11.8. The highest BCUT2D eigenvalue weighted by Gasteiger charge is 2.25. The van der Waals surface area contributed by atoms with Crippen molar-refractivity contribution in [3.63, 3.8) is 0 Å². The number of nitrogens with zero attached hydrogens (tertiary/aromatic N) is 4. The van der Waals surface area contributed by atoms with Gasteiger partial charge in [0.2, 0.25) is 5.82 Å². The minimum absolute atomic E-state index is 0.438. The van der Waals surface area contributed by atoms with Gasteiger partial charge in [-0.2, -0.15) is 0 Å². The lowest BCUT2D eigenvalue weighted by Crippen LogP contribution is -2.15. The van der Waals surface area contributed by atoms with Gasteiger partial charge in [0.1, 0.15) is 5.76 Å². The fraction of sp³-hybridized carbons (Fsp3) is 0.471. The molecule has 3 aromatic rings. The molecule has 0 spiro atoms. The average molecular weight is 344 g/mol. The molecule has 126 valence electrons. The Morgan fingerprint density at radius 2 is 2.12 bits per heavy atom. The number of aryl methyl sites for hydroxylation is 1. The van der Waals surface area contributed by atoms with Crippen LogP contribution in [0.1, 0.15) is 49.6 Å². The lowest BCUT2D eigenvalue weighted by molar-refractivity contribution is 0.337. The molecule has 24 heavy (non-hydrogen) atoms. The molecule has 0 unspecified atom stereocenters. The molecule has 1 fully saturated rings. The summed E-state index contributed by atoms with van der Waals surface area (Å²) in [5, 5.41) is 13.7. The SMILES string of the molecule is Cc1cc(CSc2nnc(-c3ccco3)n2C2CCCCC2)on1. The maximum absolute atomic E-state index is 5.57. The van der Waals surface area contributed by atoms with Gasteiger partial charge in [-0.3, -0.25) is 4.57 Å². The largest absolute Gasteiger partial charge is 0.461 e. The minimum atomic E-state index is 0.438. The topological polar surface area (TPSA) is 69.9 Å². The Hall–Kier alpha value is -2.02. The molecule has 0 aromatic carbocycles. The Balaban J connectivity index is 1.62. The molecule has 0 saturated heterocycles. The second kappa shape index (κ2) is 6.84. The molecule has 7 heteroatoms. The molecule has 0 atom stereocenters. The highest BCUT2D eigenvalue weighted by Crippen LogP contribution is 2.36. The summed E-state index contributed by atoms with van der Waals surface area (Å²) in [5.41, 5.74) is 0.899. The van der Waals surface area contributed by atoms with E-state index in [1.54, 1.807) is 18.0 Å². The number of rotatable bonds is 5. The first-order valence-electron chi connectivity index (χ1n) is 8.35. The van der Waals surface area contributed by atoms with Crippen LogP contribution < -0.4 is 0 Å². The number of hydrogen-bond acceptors (Lipinski definition) is 6. The Bertz CT molecular complexity index is 787. The molecule has 3 aromatic heterocycles. The zero-order valence-electron chi connectivity index (χ0n) is 13.6. The van der Waals surface area contributed by atoms with E-state index in [0.29, 0.717) is 11.8 Å². The molecule has 1 aliphatic carbocycles. The molecule has 1 aliphatic rings. The molecule has 4 rings (SSSR count). The molecule has 3 heterocycles. The van der Waals surface area contributed by atoms with E-state index in [2.05, 4.69) is 19.9 Å². The van der Waals surface area contributed by atoms with Gasteiger partial charge in [-0.15, -0.1) is 10.2 Å². The lowest BCUT2D eigenvalue weighted by Gasteiger charge is -2.25. The number of aromatic nitrogens is 4. The van der Waals surface area contributed by atoms with E-state index < -0.39 is 0 Å². The van der Waals surface area contributed by atoms with E-state index in [1.165, 1.54) is 32.1 Å². The van der Waals surface area contributed by atoms with Crippen molar-refractivity contribution in [3.8, 4) is 11.6 Å². The maximum Gasteiger partial charge on any atom is 0.200 e. The van der Waals surface area contributed by atoms with Crippen LogP contribution in [0.2, 0.25) is 0 Å². The van der Waals surface area contributed by atoms with Crippen molar-refractivity contribution in [2.24, 2.45) is 0 Å². The van der Waals surface area contributed by atoms with Crippen molar-refractivity contribution in [1.82, 2.24) is 19.9 Å². The van der Waals surface area contributed by atoms with Crippen molar-refractivity contribution in [1.29, 1.82) is 0 Å². The van der Waals surface area contributed by atoms with Crippen LogP contribution in [0.15, 0.2) is 38.6 Å². The summed E-state index contributed by atoms with van der Waals surface area (Å²) in [6.07, 6.45) is 7.84. The van der Waals surface area contributed by atoms with Gasteiger partial charge in [-0.1, -0.05) is 36.2 Å². The van der Waals surface area contributed by atoms with E-state index in [-0.39, 0.29) is 0 Å². The van der Waals surface area contributed by atoms with Crippen LogP contribution >= 0.6 is 11.8 Å². The van der Waals surface area contributed by atoms with Crippen LogP contribution in [-0.2, 0) is 5.75 Å². The predicted octanol–water partition coefficient (Wildman–Crippen LogP) is 4.63. The zero-order chi connectivity index (χ0) is 16.4. The molecule has 0 bridgehead atoms. The van der Waals surface area contributed by atoms with E-state index >= 15 is 0 Å². The molecule has 0 amide bonds. The van der Waals surface area contributed by atoms with Crippen LogP contribution in [0.3, 0.4) is 0 Å². The quantitative estimate of drug-likeness (QED) is 0.628. The third-order valence-corrected chi connectivity index (χ3v) is 5.33. The zero-order valence-corrected chi connectivity index (χ0v) is 14.5. The highest BCUT2D eigenvalue weighted by molar-refractivity contribution is 7.98. The summed E-state index contributed by atoms with van der Waals surface area (Å²) in [6.45, 7) is 1.93. The van der Waals surface area contributed by atoms with Crippen LogP contribution in [0.4, 0.5) is 0 Å². The van der Waals surface area contributed by atoms with Crippen molar-refractivity contribution >= 4 is 11.8 Å². The van der Waals surface area contributed by atoms with E-state index in [0.717, 1.165) is 28.2 Å². The predicted molar refractivity (Wildman–Crippen MR) is 90.6 cm³/mol. The molecular weight excluding hydrogens is 324 g/mol. The Labute approximate surface area is 144 Å². The summed E-state index contributed by atoms with van der Waals surface area (Å²) < 4.78 is 13.1. The number of thioether (sulfide) groups is 1. The average Bonchev–Trinajstić information content (AvgIpc) is 3.34. The van der Waals surface area contributed by atoms with Crippen LogP contribution in [-0.4, -0.2) is 19.9 Å². The first kappa shape index (κ1) is 15.5. The van der Waals surface area contributed by atoms with Gasteiger partial charge in [0.15, 0.2) is 10.9 Å². The van der Waals surface area contributed by atoms with Gasteiger partial charge in [0.25, 0.3) is 0 Å². The van der Waals surface area contributed by atoms with E-state index in [1.807, 2.05) is 25.1 Å². The molecule has 0 N–H and O–H groups in total. The molecule has 0 aliphatic heterocycles. The second-order valence-electron chi connectivity index (χ2n) is 6.17. The van der Waals surface area contributed by atoms with Crippen molar-refractivity contribution in [2.45, 2.75) is 56.0 Å². The van der Waals surface area contributed by atoms with Gasteiger partial charge in [-0.05, 0) is 31.9 Å². The van der Waals surface area contributed by atoms with Crippen molar-refractivity contribution in [3.05, 3.63) is 35.9 Å². The van der Waals surface area contributed by atoms with Crippen LogP contribution in [0, 0.1) is 6.92 Å². The van der Waals surface area contributed by atoms with Gasteiger partial charge in [0.05, 0.1) is 17.7 Å². The maximum atomic E-state index is 5.57. The van der Waals surface area contributed by atoms with Gasteiger partial charge < -0.3 is 8.94 Å². The molecule has 6 nitrogen and oxygen atoms in total. The third kappa shape index (κ3) is 3.13. The molecule has 1 saturated carbocycles. The third-order valence-electron chi connectivity index (χ3n) is 4.37. The van der Waals surface area contributed by atoms with Crippen LogP contribution in [0.5, 0.6) is 0 Å². The van der Waals surface area contributed by atoms with E-state index in [4.69, 9.17) is 8.94 Å². The standard InChI is InChI=1S/C17H20N4O2S/c1-12-10-14(23-20-12)11-24-17-19-18-16(15-8-5-9-22-15)21(17)13-6-3-2-4-7-13/h5,8-10,13H,2-4,6-7,11H2,1H3. The summed E-state index contributed by atoms with van der Waals surface area (Å²) in [6, 6.07) is 6.23. The molecular formula is C17H20N4O2S. The van der Waals surface area contributed by atoms with E-state index in [9.17, 15) is 0 Å². The Morgan fingerprint density at radius 3 is 2.83 bits per heavy atom. The van der Waals surface area contributed by atoms with Gasteiger partial charge in [0, 0.05) is 12.1 Å². The van der Waals surface area contributed by atoms with Gasteiger partial charge in [-0.25, -0.2) is 0 Å². The van der Waals surface area contributed by atoms with Gasteiger partial charge >= 0.3 is 0 Å². The Morgan fingerprint density at radius 1 is 1.25 bits per heavy atom.